The molecule has 1 N–H and O–H groups in total. The fraction of sp³-hybridized carbons (Fsp3) is 0.857. The molecule has 5 heteroatoms. The minimum absolute atomic E-state index is 0.0280. The van der Waals surface area contributed by atoms with Crippen LogP contribution in [0, 0.1) is 29.6 Å². The van der Waals surface area contributed by atoms with Crippen molar-refractivity contribution in [1.82, 2.24) is 0 Å². The number of rotatable bonds is 5. The number of hydrogen-bond donors (Lipinski definition) is 1. The van der Waals surface area contributed by atoms with Gasteiger partial charge in [0.2, 0.25) is 0 Å². The first-order valence-corrected chi connectivity index (χ1v) is 7.17. The lowest BCUT2D eigenvalue weighted by Gasteiger charge is -2.30. The van der Waals surface area contributed by atoms with E-state index in [0.29, 0.717) is 13.0 Å². The summed E-state index contributed by atoms with van der Waals surface area (Å²) in [4.78, 5) is 24.1. The van der Waals surface area contributed by atoms with Gasteiger partial charge in [-0.25, -0.2) is 0 Å². The maximum Gasteiger partial charge on any atom is 0.310 e. The molecule has 2 bridgehead atoms. The van der Waals surface area contributed by atoms with E-state index in [4.69, 9.17) is 14.6 Å². The van der Waals surface area contributed by atoms with Gasteiger partial charge in [0.25, 0.3) is 0 Å². The predicted octanol–water partition coefficient (Wildman–Crippen LogP) is 0.746. The van der Waals surface area contributed by atoms with E-state index in [0.717, 1.165) is 12.8 Å². The van der Waals surface area contributed by atoms with Crippen LogP contribution in [0.5, 0.6) is 0 Å². The Morgan fingerprint density at radius 2 is 2.26 bits per heavy atom. The van der Waals surface area contributed by atoms with Crippen molar-refractivity contribution in [3.05, 3.63) is 0 Å². The Balaban J connectivity index is 1.82. The molecule has 19 heavy (non-hydrogen) atoms. The van der Waals surface area contributed by atoms with Crippen molar-refractivity contribution in [2.45, 2.75) is 32.3 Å². The van der Waals surface area contributed by atoms with Gasteiger partial charge in [0.1, 0.15) is 6.10 Å². The second-order valence-electron chi connectivity index (χ2n) is 5.80. The van der Waals surface area contributed by atoms with Crippen LogP contribution in [0.4, 0.5) is 0 Å². The van der Waals surface area contributed by atoms with Crippen molar-refractivity contribution in [3.8, 4) is 0 Å². The Labute approximate surface area is 112 Å². The Hall–Kier alpha value is -1.10. The molecule has 6 unspecified atom stereocenters. The molecule has 0 amide bonds. The SMILES string of the molecule is CCOC(=O)C1C2CC3C(OC(=O)C31)C2CCCO. The van der Waals surface area contributed by atoms with Crippen LogP contribution >= 0.6 is 0 Å². The molecular formula is C14H20O5. The molecule has 0 radical (unpaired) electrons. The molecule has 1 heterocycles. The molecule has 0 aromatic heterocycles. The smallest absolute Gasteiger partial charge is 0.310 e. The molecule has 3 rings (SSSR count). The van der Waals surface area contributed by atoms with Gasteiger partial charge in [-0.15, -0.1) is 0 Å². The fourth-order valence-corrected chi connectivity index (χ4v) is 4.45. The maximum atomic E-state index is 12.1. The summed E-state index contributed by atoms with van der Waals surface area (Å²) < 4.78 is 10.6. The molecule has 3 aliphatic rings. The van der Waals surface area contributed by atoms with E-state index in [1.54, 1.807) is 6.92 Å². The molecule has 0 aromatic rings. The van der Waals surface area contributed by atoms with Crippen molar-refractivity contribution in [3.63, 3.8) is 0 Å². The van der Waals surface area contributed by atoms with Crippen LogP contribution < -0.4 is 0 Å². The normalized spacial score (nSPS) is 42.5. The summed E-state index contributed by atoms with van der Waals surface area (Å²) in [5.41, 5.74) is 0. The van der Waals surface area contributed by atoms with Crippen molar-refractivity contribution in [2.24, 2.45) is 29.6 Å². The largest absolute Gasteiger partial charge is 0.466 e. The first-order valence-electron chi connectivity index (χ1n) is 7.17. The zero-order valence-corrected chi connectivity index (χ0v) is 11.1. The van der Waals surface area contributed by atoms with Crippen LogP contribution in [0.1, 0.15) is 26.2 Å². The Morgan fingerprint density at radius 3 is 2.95 bits per heavy atom. The van der Waals surface area contributed by atoms with E-state index in [1.165, 1.54) is 0 Å². The lowest BCUT2D eigenvalue weighted by molar-refractivity contribution is -0.155. The van der Waals surface area contributed by atoms with Gasteiger partial charge in [-0.3, -0.25) is 9.59 Å². The Bertz CT molecular complexity index is 393. The van der Waals surface area contributed by atoms with Crippen LogP contribution in [0.15, 0.2) is 0 Å². The lowest BCUT2D eigenvalue weighted by atomic mass is 9.73. The third-order valence-electron chi connectivity index (χ3n) is 5.03. The molecule has 5 nitrogen and oxygen atoms in total. The van der Waals surface area contributed by atoms with Gasteiger partial charge in [0, 0.05) is 18.4 Å². The molecule has 1 aliphatic heterocycles. The van der Waals surface area contributed by atoms with Gasteiger partial charge in [0.15, 0.2) is 0 Å². The number of carbonyl (C=O) groups is 2. The highest BCUT2D eigenvalue weighted by Gasteiger charge is 2.68. The molecule has 106 valence electrons. The van der Waals surface area contributed by atoms with Gasteiger partial charge in [-0.2, -0.15) is 0 Å². The van der Waals surface area contributed by atoms with Gasteiger partial charge < -0.3 is 14.6 Å². The van der Waals surface area contributed by atoms with E-state index >= 15 is 0 Å². The first kappa shape index (κ1) is 12.9. The third-order valence-corrected chi connectivity index (χ3v) is 5.03. The molecule has 2 aliphatic carbocycles. The summed E-state index contributed by atoms with van der Waals surface area (Å²) in [6, 6.07) is 0. The zero-order chi connectivity index (χ0) is 13.6. The highest BCUT2D eigenvalue weighted by Crippen LogP contribution is 2.61. The van der Waals surface area contributed by atoms with Crippen molar-refractivity contribution in [2.75, 3.05) is 13.2 Å². The van der Waals surface area contributed by atoms with Crippen molar-refractivity contribution >= 4 is 11.9 Å². The number of hydrogen-bond acceptors (Lipinski definition) is 5. The quantitative estimate of drug-likeness (QED) is 0.745. The Kier molecular flexibility index (Phi) is 3.25. The topological polar surface area (TPSA) is 72.8 Å². The minimum atomic E-state index is -0.320. The predicted molar refractivity (Wildman–Crippen MR) is 64.9 cm³/mol. The Morgan fingerprint density at radius 1 is 1.47 bits per heavy atom. The fourth-order valence-electron chi connectivity index (χ4n) is 4.45. The van der Waals surface area contributed by atoms with Gasteiger partial charge in [-0.05, 0) is 32.1 Å². The molecule has 2 saturated carbocycles. The summed E-state index contributed by atoms with van der Waals surface area (Å²) in [6.45, 7) is 2.27. The monoisotopic (exact) mass is 268 g/mol. The number of aliphatic hydroxyl groups excluding tert-OH is 1. The summed E-state index contributed by atoms with van der Waals surface area (Å²) >= 11 is 0. The van der Waals surface area contributed by atoms with Crippen LogP contribution in [-0.2, 0) is 19.1 Å². The van der Waals surface area contributed by atoms with Crippen LogP contribution in [-0.4, -0.2) is 36.4 Å². The molecule has 3 fully saturated rings. The van der Waals surface area contributed by atoms with E-state index in [-0.39, 0.29) is 54.2 Å². The highest BCUT2D eigenvalue weighted by molar-refractivity contribution is 5.85. The van der Waals surface area contributed by atoms with E-state index < -0.39 is 0 Å². The van der Waals surface area contributed by atoms with E-state index in [2.05, 4.69) is 0 Å². The zero-order valence-electron chi connectivity index (χ0n) is 11.1. The molecule has 1 saturated heterocycles. The van der Waals surface area contributed by atoms with Crippen LogP contribution in [0.2, 0.25) is 0 Å². The highest BCUT2D eigenvalue weighted by atomic mass is 16.6. The molecule has 0 aromatic carbocycles. The number of ether oxygens (including phenoxy) is 2. The number of carbonyl (C=O) groups excluding carboxylic acids is 2. The van der Waals surface area contributed by atoms with Gasteiger partial charge in [0.05, 0.1) is 18.4 Å². The maximum absolute atomic E-state index is 12.1. The van der Waals surface area contributed by atoms with E-state index in [1.807, 2.05) is 0 Å². The average Bonchev–Trinajstić information content (AvgIpc) is 2.97. The van der Waals surface area contributed by atoms with Crippen LogP contribution in [0.25, 0.3) is 0 Å². The van der Waals surface area contributed by atoms with Gasteiger partial charge >= 0.3 is 11.9 Å². The number of fused-ring (bicyclic) bond motifs is 1. The molecule has 0 spiro atoms. The summed E-state index contributed by atoms with van der Waals surface area (Å²) in [5, 5.41) is 8.98. The average molecular weight is 268 g/mol. The number of esters is 2. The van der Waals surface area contributed by atoms with Crippen LogP contribution in [0.3, 0.4) is 0 Å². The van der Waals surface area contributed by atoms with Gasteiger partial charge in [-0.1, -0.05) is 0 Å². The number of aliphatic hydroxyl groups is 1. The second kappa shape index (κ2) is 4.78. The third kappa shape index (κ3) is 1.78. The first-order chi connectivity index (χ1) is 9.19. The summed E-state index contributed by atoms with van der Waals surface area (Å²) in [5.74, 6) is -0.463. The molecule has 6 atom stereocenters. The second-order valence-corrected chi connectivity index (χ2v) is 5.80. The van der Waals surface area contributed by atoms with E-state index in [9.17, 15) is 9.59 Å². The lowest BCUT2D eigenvalue weighted by Crippen LogP contribution is -2.38. The van der Waals surface area contributed by atoms with Crippen molar-refractivity contribution < 1.29 is 24.2 Å². The van der Waals surface area contributed by atoms with Crippen molar-refractivity contribution in [1.29, 1.82) is 0 Å². The standard InChI is InChI=1S/C14H20O5/c1-2-18-13(16)10-8-6-9-11(10)14(17)19-12(9)7(8)4-3-5-15/h7-12,15H,2-6H2,1H3. The minimum Gasteiger partial charge on any atom is -0.466 e. The molecular weight excluding hydrogens is 248 g/mol. The summed E-state index contributed by atoms with van der Waals surface area (Å²) in [7, 11) is 0. The summed E-state index contributed by atoms with van der Waals surface area (Å²) in [6.07, 6.45) is 2.38.